The van der Waals surface area contributed by atoms with Gasteiger partial charge in [-0.15, -0.1) is 0 Å². The predicted octanol–water partition coefficient (Wildman–Crippen LogP) is 4.48. The highest BCUT2D eigenvalue weighted by Crippen LogP contribution is 2.66. The van der Waals surface area contributed by atoms with Crippen LogP contribution in [0.5, 0.6) is 0 Å². The van der Waals surface area contributed by atoms with E-state index in [0.717, 1.165) is 12.1 Å². The molecule has 0 bridgehead atoms. The molecule has 0 saturated carbocycles. The van der Waals surface area contributed by atoms with Crippen molar-refractivity contribution in [2.75, 3.05) is 13.2 Å². The Bertz CT molecular complexity index is 911. The Morgan fingerprint density at radius 2 is 1.50 bits per heavy atom. The number of hydrogen-bond donors (Lipinski definition) is 1. The Balaban J connectivity index is 2.15. The van der Waals surface area contributed by atoms with E-state index in [1.165, 1.54) is 38.1 Å². The van der Waals surface area contributed by atoms with Crippen LogP contribution in [-0.4, -0.2) is 21.6 Å². The van der Waals surface area contributed by atoms with Crippen LogP contribution in [0.15, 0.2) is 59.5 Å². The molecule has 0 radical (unpaired) electrons. The third-order valence-electron chi connectivity index (χ3n) is 3.76. The number of alkyl halides is 2. The summed E-state index contributed by atoms with van der Waals surface area (Å²) in [5.41, 5.74) is -3.91. The monoisotopic (exact) mass is 433 g/mol. The molecule has 0 saturated heterocycles. The molecule has 0 aliphatic carbocycles. The summed E-state index contributed by atoms with van der Waals surface area (Å²) >= 11 is 0. The normalized spacial score (nSPS) is 12.9. The Morgan fingerprint density at radius 1 is 0.964 bits per heavy atom. The van der Waals surface area contributed by atoms with Crippen LogP contribution in [0.4, 0.5) is 8.78 Å². The summed E-state index contributed by atoms with van der Waals surface area (Å²) in [6.07, 6.45) is 0. The second-order valence-corrected chi connectivity index (χ2v) is 9.55. The van der Waals surface area contributed by atoms with Crippen molar-refractivity contribution in [1.82, 2.24) is 4.72 Å². The second-order valence-electron chi connectivity index (χ2n) is 5.71. The van der Waals surface area contributed by atoms with Crippen molar-refractivity contribution in [3.63, 3.8) is 0 Å². The highest BCUT2D eigenvalue weighted by molar-refractivity contribution is 7.89. The maximum Gasteiger partial charge on any atom is 0.404 e. The standard InChI is InChI=1S/C18H22F2NO5PS/c1-3-25-27(22,26-4-2)18(19,20)16-12-10-15(11-13-16)14-21-28(23,24)17-8-6-5-7-9-17/h5-13,21H,3-4,14H2,1-2H3. The molecule has 0 atom stereocenters. The van der Waals surface area contributed by atoms with Crippen LogP contribution in [-0.2, 0) is 35.8 Å². The SMILES string of the molecule is CCOP(=O)(OCC)C(F)(F)c1ccc(CNS(=O)(=O)c2ccccc2)cc1. The lowest BCUT2D eigenvalue weighted by atomic mass is 10.1. The van der Waals surface area contributed by atoms with E-state index in [1.54, 1.807) is 18.2 Å². The van der Waals surface area contributed by atoms with Gasteiger partial charge in [-0.05, 0) is 31.5 Å². The van der Waals surface area contributed by atoms with E-state index in [2.05, 4.69) is 4.72 Å². The fourth-order valence-corrected chi connectivity index (χ4v) is 4.96. The predicted molar refractivity (Wildman–Crippen MR) is 102 cm³/mol. The van der Waals surface area contributed by atoms with Gasteiger partial charge < -0.3 is 9.05 Å². The lowest BCUT2D eigenvalue weighted by Crippen LogP contribution is -2.23. The quantitative estimate of drug-likeness (QED) is 0.559. The molecule has 0 fully saturated rings. The van der Waals surface area contributed by atoms with E-state index in [1.807, 2.05) is 0 Å². The Kier molecular flexibility index (Phi) is 7.47. The summed E-state index contributed by atoms with van der Waals surface area (Å²) in [5.74, 6) is 0. The zero-order chi connectivity index (χ0) is 20.8. The third kappa shape index (κ3) is 5.04. The highest BCUT2D eigenvalue weighted by Gasteiger charge is 2.54. The maximum absolute atomic E-state index is 14.7. The molecule has 0 aliphatic rings. The maximum atomic E-state index is 14.7. The fourth-order valence-electron chi connectivity index (χ4n) is 2.38. The van der Waals surface area contributed by atoms with Gasteiger partial charge in [0.05, 0.1) is 18.1 Å². The van der Waals surface area contributed by atoms with E-state index < -0.39 is 28.8 Å². The first kappa shape index (κ1) is 22.6. The number of halogens is 2. The molecule has 0 spiro atoms. The smallest absolute Gasteiger partial charge is 0.304 e. The summed E-state index contributed by atoms with van der Waals surface area (Å²) in [5, 5.41) is 0. The average Bonchev–Trinajstić information content (AvgIpc) is 2.68. The van der Waals surface area contributed by atoms with E-state index >= 15 is 0 Å². The molecular weight excluding hydrogens is 411 g/mol. The minimum absolute atomic E-state index is 0.0857. The van der Waals surface area contributed by atoms with Gasteiger partial charge in [0.1, 0.15) is 0 Å². The van der Waals surface area contributed by atoms with Crippen LogP contribution in [0, 0.1) is 0 Å². The summed E-state index contributed by atoms with van der Waals surface area (Å²) in [4.78, 5) is 0.104. The van der Waals surface area contributed by atoms with Crippen molar-refractivity contribution in [2.24, 2.45) is 0 Å². The zero-order valence-corrected chi connectivity index (χ0v) is 17.2. The lowest BCUT2D eigenvalue weighted by molar-refractivity contribution is 0.0360. The molecule has 2 aromatic carbocycles. The largest absolute Gasteiger partial charge is 0.404 e. The van der Waals surface area contributed by atoms with Gasteiger partial charge in [0, 0.05) is 12.1 Å². The number of sulfonamides is 1. The fraction of sp³-hybridized carbons (Fsp3) is 0.333. The molecule has 0 heterocycles. The molecule has 0 aliphatic heterocycles. The molecule has 2 aromatic rings. The summed E-state index contributed by atoms with van der Waals surface area (Å²) in [7, 11) is -8.40. The molecule has 154 valence electrons. The van der Waals surface area contributed by atoms with Gasteiger partial charge in [-0.3, -0.25) is 4.57 Å². The van der Waals surface area contributed by atoms with Gasteiger partial charge in [0.15, 0.2) is 0 Å². The van der Waals surface area contributed by atoms with Crippen LogP contribution in [0.25, 0.3) is 0 Å². The van der Waals surface area contributed by atoms with E-state index in [0.29, 0.717) is 5.56 Å². The minimum Gasteiger partial charge on any atom is -0.304 e. The van der Waals surface area contributed by atoms with Crippen LogP contribution in [0.1, 0.15) is 25.0 Å². The Labute approximate surface area is 163 Å². The number of rotatable bonds is 10. The van der Waals surface area contributed by atoms with Gasteiger partial charge in [0.2, 0.25) is 10.0 Å². The van der Waals surface area contributed by atoms with Gasteiger partial charge in [-0.2, -0.15) is 8.78 Å². The van der Waals surface area contributed by atoms with Crippen molar-refractivity contribution in [2.45, 2.75) is 31.0 Å². The van der Waals surface area contributed by atoms with Crippen LogP contribution < -0.4 is 4.72 Å². The second kappa shape index (κ2) is 9.24. The number of nitrogens with one attached hydrogen (secondary N) is 1. The molecule has 10 heteroatoms. The van der Waals surface area contributed by atoms with E-state index in [9.17, 15) is 21.8 Å². The van der Waals surface area contributed by atoms with Crippen LogP contribution in [0.2, 0.25) is 0 Å². The number of benzene rings is 2. The molecule has 0 unspecified atom stereocenters. The van der Waals surface area contributed by atoms with Gasteiger partial charge >= 0.3 is 13.3 Å². The topological polar surface area (TPSA) is 81.7 Å². The highest BCUT2D eigenvalue weighted by atomic mass is 32.2. The summed E-state index contributed by atoms with van der Waals surface area (Å²) in [6.45, 7) is 2.43. The Hall–Kier alpha value is -1.64. The first-order chi connectivity index (χ1) is 13.2. The van der Waals surface area contributed by atoms with Crippen molar-refractivity contribution < 1.29 is 30.8 Å². The zero-order valence-electron chi connectivity index (χ0n) is 15.5. The van der Waals surface area contributed by atoms with Gasteiger partial charge in [0.25, 0.3) is 0 Å². The summed E-state index contributed by atoms with van der Waals surface area (Å²) in [6, 6.07) is 12.6. The molecule has 0 aromatic heterocycles. The first-order valence-electron chi connectivity index (χ1n) is 8.57. The van der Waals surface area contributed by atoms with Crippen LogP contribution in [0.3, 0.4) is 0 Å². The van der Waals surface area contributed by atoms with Crippen LogP contribution >= 0.6 is 7.60 Å². The molecule has 28 heavy (non-hydrogen) atoms. The van der Waals surface area contributed by atoms with Crippen molar-refractivity contribution >= 4 is 17.6 Å². The minimum atomic E-state index is -4.69. The molecule has 6 nitrogen and oxygen atoms in total. The van der Waals surface area contributed by atoms with Crippen molar-refractivity contribution in [3.05, 3.63) is 65.7 Å². The molecule has 2 rings (SSSR count). The third-order valence-corrected chi connectivity index (χ3v) is 7.32. The summed E-state index contributed by atoms with van der Waals surface area (Å²) < 4.78 is 78.1. The lowest BCUT2D eigenvalue weighted by Gasteiger charge is -2.26. The van der Waals surface area contributed by atoms with Crippen molar-refractivity contribution in [1.29, 1.82) is 0 Å². The Morgan fingerprint density at radius 3 is 2.00 bits per heavy atom. The molecular formula is C18H22F2NO5PS. The van der Waals surface area contributed by atoms with Gasteiger partial charge in [-0.25, -0.2) is 13.1 Å². The molecule has 1 N–H and O–H groups in total. The average molecular weight is 433 g/mol. The van der Waals surface area contributed by atoms with E-state index in [-0.39, 0.29) is 24.7 Å². The van der Waals surface area contributed by atoms with Crippen molar-refractivity contribution in [3.8, 4) is 0 Å². The van der Waals surface area contributed by atoms with Gasteiger partial charge in [-0.1, -0.05) is 42.5 Å². The van der Waals surface area contributed by atoms with E-state index in [4.69, 9.17) is 9.05 Å². The molecule has 0 amide bonds. The first-order valence-corrected chi connectivity index (χ1v) is 11.6. The number of hydrogen-bond acceptors (Lipinski definition) is 5.